The number of nitrogens with one attached hydrogen (secondary N) is 2. The van der Waals surface area contributed by atoms with E-state index >= 15 is 0 Å². The maximum Gasteiger partial charge on any atom is 0.0320 e. The highest BCUT2D eigenvalue weighted by molar-refractivity contribution is 5.25. The molecule has 1 unspecified atom stereocenters. The van der Waals surface area contributed by atoms with E-state index in [4.69, 9.17) is 0 Å². The summed E-state index contributed by atoms with van der Waals surface area (Å²) in [5, 5.41) is 7.09. The molecule has 94 valence electrons. The summed E-state index contributed by atoms with van der Waals surface area (Å²) in [5.41, 5.74) is 2.77. The molecule has 1 atom stereocenters. The maximum atomic E-state index is 3.55. The Hall–Kier alpha value is -0.900. The minimum absolute atomic E-state index is 0.581. The van der Waals surface area contributed by atoms with Crippen LogP contribution in [0.2, 0.25) is 0 Å². The van der Waals surface area contributed by atoms with Gasteiger partial charge < -0.3 is 15.5 Å². The summed E-state index contributed by atoms with van der Waals surface area (Å²) in [7, 11) is 2.19. The number of hydrogen-bond acceptors (Lipinski definition) is 3. The van der Waals surface area contributed by atoms with Gasteiger partial charge in [-0.3, -0.25) is 0 Å². The Morgan fingerprint density at radius 3 is 3.00 bits per heavy atom. The van der Waals surface area contributed by atoms with Crippen LogP contribution in [0.4, 0.5) is 0 Å². The lowest BCUT2D eigenvalue weighted by atomic mass is 10.1. The van der Waals surface area contributed by atoms with Gasteiger partial charge in [-0.15, -0.1) is 0 Å². The Kier molecular flexibility index (Phi) is 4.54. The summed E-state index contributed by atoms with van der Waals surface area (Å²) in [6, 6.07) is 9.15. The van der Waals surface area contributed by atoms with E-state index in [1.54, 1.807) is 0 Å². The fourth-order valence-electron chi connectivity index (χ4n) is 2.32. The van der Waals surface area contributed by atoms with Gasteiger partial charge >= 0.3 is 0 Å². The first-order chi connectivity index (χ1) is 8.25. The molecule has 1 aromatic carbocycles. The molecule has 2 N–H and O–H groups in total. The van der Waals surface area contributed by atoms with Crippen LogP contribution in [-0.4, -0.2) is 44.2 Å². The smallest absolute Gasteiger partial charge is 0.0320 e. The lowest BCUT2D eigenvalue weighted by Gasteiger charge is -2.31. The van der Waals surface area contributed by atoms with E-state index in [9.17, 15) is 0 Å². The van der Waals surface area contributed by atoms with Gasteiger partial charge in [-0.1, -0.05) is 24.3 Å². The van der Waals surface area contributed by atoms with Gasteiger partial charge in [0, 0.05) is 38.8 Å². The van der Waals surface area contributed by atoms with E-state index in [0.717, 1.165) is 32.7 Å². The summed E-state index contributed by atoms with van der Waals surface area (Å²) in [5.74, 6) is 0. The van der Waals surface area contributed by atoms with E-state index in [-0.39, 0.29) is 0 Å². The van der Waals surface area contributed by atoms with Crippen LogP contribution in [0.15, 0.2) is 24.3 Å². The van der Waals surface area contributed by atoms with Gasteiger partial charge in [0.2, 0.25) is 0 Å². The van der Waals surface area contributed by atoms with Gasteiger partial charge in [0.1, 0.15) is 0 Å². The van der Waals surface area contributed by atoms with Crippen molar-refractivity contribution in [2.75, 3.05) is 33.2 Å². The fraction of sp³-hybridized carbons (Fsp3) is 0.571. The SMILES string of the molecule is Cc1ccccc1CNCC1CN(C)CCN1. The van der Waals surface area contributed by atoms with Crippen molar-refractivity contribution in [3.63, 3.8) is 0 Å². The zero-order valence-corrected chi connectivity index (χ0v) is 10.9. The molecule has 1 aromatic rings. The second-order valence-corrected chi connectivity index (χ2v) is 4.97. The number of rotatable bonds is 4. The normalized spacial score (nSPS) is 21.6. The lowest BCUT2D eigenvalue weighted by molar-refractivity contribution is 0.235. The third-order valence-electron chi connectivity index (χ3n) is 3.43. The van der Waals surface area contributed by atoms with Crippen molar-refractivity contribution in [2.45, 2.75) is 19.5 Å². The van der Waals surface area contributed by atoms with Crippen LogP contribution >= 0.6 is 0 Å². The molecule has 3 heteroatoms. The zero-order valence-electron chi connectivity index (χ0n) is 10.9. The molecule has 0 bridgehead atoms. The van der Waals surface area contributed by atoms with Crippen molar-refractivity contribution in [1.82, 2.24) is 15.5 Å². The number of nitrogens with zero attached hydrogens (tertiary/aromatic N) is 1. The van der Waals surface area contributed by atoms with Gasteiger partial charge in [0.15, 0.2) is 0 Å². The summed E-state index contributed by atoms with van der Waals surface area (Å²) in [4.78, 5) is 2.39. The minimum Gasteiger partial charge on any atom is -0.311 e. The van der Waals surface area contributed by atoms with E-state index in [0.29, 0.717) is 6.04 Å². The molecule has 2 rings (SSSR count). The van der Waals surface area contributed by atoms with Crippen LogP contribution in [0.3, 0.4) is 0 Å². The average Bonchev–Trinajstić information content (AvgIpc) is 2.32. The number of hydrogen-bond donors (Lipinski definition) is 2. The van der Waals surface area contributed by atoms with Crippen LogP contribution < -0.4 is 10.6 Å². The third kappa shape index (κ3) is 3.80. The predicted octanol–water partition coefficient (Wildman–Crippen LogP) is 0.988. The predicted molar refractivity (Wildman–Crippen MR) is 72.2 cm³/mol. The Bertz CT molecular complexity index is 351. The first kappa shape index (κ1) is 12.6. The van der Waals surface area contributed by atoms with Crippen molar-refractivity contribution in [3.05, 3.63) is 35.4 Å². The fourth-order valence-corrected chi connectivity index (χ4v) is 2.32. The summed E-state index contributed by atoms with van der Waals surface area (Å²) >= 11 is 0. The van der Waals surface area contributed by atoms with Crippen LogP contribution in [0.5, 0.6) is 0 Å². The number of likely N-dealkylation sites (N-methyl/N-ethyl adjacent to an activating group) is 1. The quantitative estimate of drug-likeness (QED) is 0.812. The lowest BCUT2D eigenvalue weighted by Crippen LogP contribution is -2.53. The summed E-state index contributed by atoms with van der Waals surface area (Å²) < 4.78 is 0. The molecule has 1 aliphatic heterocycles. The van der Waals surface area contributed by atoms with Crippen LogP contribution in [0, 0.1) is 6.92 Å². The van der Waals surface area contributed by atoms with E-state index in [1.807, 2.05) is 0 Å². The van der Waals surface area contributed by atoms with Crippen molar-refractivity contribution < 1.29 is 0 Å². The van der Waals surface area contributed by atoms with Gasteiger partial charge in [-0.25, -0.2) is 0 Å². The Morgan fingerprint density at radius 1 is 1.41 bits per heavy atom. The van der Waals surface area contributed by atoms with Crippen molar-refractivity contribution in [3.8, 4) is 0 Å². The summed E-state index contributed by atoms with van der Waals surface area (Å²) in [6.45, 7) is 7.58. The van der Waals surface area contributed by atoms with Crippen molar-refractivity contribution in [1.29, 1.82) is 0 Å². The molecule has 17 heavy (non-hydrogen) atoms. The molecule has 0 amide bonds. The van der Waals surface area contributed by atoms with Crippen LogP contribution in [0.25, 0.3) is 0 Å². The largest absolute Gasteiger partial charge is 0.311 e. The Balaban J connectivity index is 1.74. The molecule has 1 fully saturated rings. The Morgan fingerprint density at radius 2 is 2.24 bits per heavy atom. The zero-order chi connectivity index (χ0) is 12.1. The first-order valence-electron chi connectivity index (χ1n) is 6.43. The third-order valence-corrected chi connectivity index (χ3v) is 3.43. The van der Waals surface area contributed by atoms with Gasteiger partial charge in [-0.05, 0) is 25.1 Å². The topological polar surface area (TPSA) is 27.3 Å². The molecule has 1 heterocycles. The van der Waals surface area contributed by atoms with E-state index in [2.05, 4.69) is 53.8 Å². The number of piperazine rings is 1. The average molecular weight is 233 g/mol. The van der Waals surface area contributed by atoms with Crippen molar-refractivity contribution >= 4 is 0 Å². The van der Waals surface area contributed by atoms with Crippen LogP contribution in [-0.2, 0) is 6.54 Å². The number of benzene rings is 1. The van der Waals surface area contributed by atoms with E-state index in [1.165, 1.54) is 11.1 Å². The molecule has 0 spiro atoms. The molecular weight excluding hydrogens is 210 g/mol. The van der Waals surface area contributed by atoms with Gasteiger partial charge in [-0.2, -0.15) is 0 Å². The Labute approximate surface area is 104 Å². The van der Waals surface area contributed by atoms with Gasteiger partial charge in [0.05, 0.1) is 0 Å². The van der Waals surface area contributed by atoms with E-state index < -0.39 is 0 Å². The molecule has 3 nitrogen and oxygen atoms in total. The molecular formula is C14H23N3. The highest BCUT2D eigenvalue weighted by Crippen LogP contribution is 2.06. The molecule has 0 aliphatic carbocycles. The molecule has 1 aliphatic rings. The summed E-state index contributed by atoms with van der Waals surface area (Å²) in [6.07, 6.45) is 0. The van der Waals surface area contributed by atoms with Crippen molar-refractivity contribution in [2.24, 2.45) is 0 Å². The molecule has 0 saturated carbocycles. The monoisotopic (exact) mass is 233 g/mol. The highest BCUT2D eigenvalue weighted by atomic mass is 15.2. The molecule has 0 radical (unpaired) electrons. The minimum atomic E-state index is 0.581. The number of aryl methyl sites for hydroxylation is 1. The second-order valence-electron chi connectivity index (χ2n) is 4.97. The second kappa shape index (κ2) is 6.15. The molecule has 0 aromatic heterocycles. The maximum absolute atomic E-state index is 3.55. The van der Waals surface area contributed by atoms with Gasteiger partial charge in [0.25, 0.3) is 0 Å². The standard InChI is InChI=1S/C14H23N3/c1-12-5-3-4-6-13(12)9-15-10-14-11-17(2)8-7-16-14/h3-6,14-16H,7-11H2,1-2H3. The van der Waals surface area contributed by atoms with Crippen LogP contribution in [0.1, 0.15) is 11.1 Å². The highest BCUT2D eigenvalue weighted by Gasteiger charge is 2.15. The first-order valence-corrected chi connectivity index (χ1v) is 6.43. The molecule has 1 saturated heterocycles.